The number of anilines is 1. The number of rotatable bonds is 9. The fourth-order valence-corrected chi connectivity index (χ4v) is 7.68. The molecule has 0 saturated carbocycles. The molecule has 2 fully saturated rings. The van der Waals surface area contributed by atoms with Crippen molar-refractivity contribution in [1.82, 2.24) is 14.4 Å². The molecular weight excluding hydrogens is 564 g/mol. The Bertz CT molecular complexity index is 1570. The minimum absolute atomic E-state index is 0.121. The van der Waals surface area contributed by atoms with Gasteiger partial charge in [0.1, 0.15) is 11.3 Å². The lowest BCUT2D eigenvalue weighted by Gasteiger charge is -2.43. The number of nitrogens with zero attached hydrogens (tertiary/aromatic N) is 4. The maximum atomic E-state index is 14.2. The number of carbonyl (C=O) groups excluding carboxylic acids is 2. The molecule has 226 valence electrons. The highest BCUT2D eigenvalue weighted by Gasteiger charge is 2.53. The van der Waals surface area contributed by atoms with E-state index < -0.39 is 5.54 Å². The van der Waals surface area contributed by atoms with Crippen molar-refractivity contribution in [2.45, 2.75) is 50.7 Å². The number of piperidine rings is 1. The Morgan fingerprint density at radius 1 is 1.02 bits per heavy atom. The number of methoxy groups -OCH3 is 2. The Labute approximate surface area is 255 Å². The Morgan fingerprint density at radius 2 is 1.81 bits per heavy atom. The molecule has 0 atom stereocenters. The van der Waals surface area contributed by atoms with Crippen LogP contribution in [0.3, 0.4) is 0 Å². The topological polar surface area (TPSA) is 84.3 Å². The van der Waals surface area contributed by atoms with Crippen LogP contribution < -0.4 is 14.5 Å². The van der Waals surface area contributed by atoms with Gasteiger partial charge in [-0.05, 0) is 86.7 Å². The molecular formula is C33H38N4O5S. The number of esters is 1. The second kappa shape index (κ2) is 12.4. The lowest BCUT2D eigenvalue weighted by molar-refractivity contribution is -0.134. The monoisotopic (exact) mass is 602 g/mol. The number of ether oxygens (including phenoxy) is 2. The van der Waals surface area contributed by atoms with E-state index in [2.05, 4.69) is 22.0 Å². The summed E-state index contributed by atoms with van der Waals surface area (Å²) in [6.45, 7) is 4.12. The van der Waals surface area contributed by atoms with Crippen molar-refractivity contribution in [3.63, 3.8) is 0 Å². The fraction of sp³-hybridized carbons (Fsp3) is 0.424. The van der Waals surface area contributed by atoms with Gasteiger partial charge in [0.05, 0.1) is 31.3 Å². The number of benzene rings is 2. The summed E-state index contributed by atoms with van der Waals surface area (Å²) < 4.78 is 12.2. The van der Waals surface area contributed by atoms with Crippen LogP contribution in [0.25, 0.3) is 6.08 Å². The van der Waals surface area contributed by atoms with Crippen LogP contribution in [0.15, 0.2) is 59.4 Å². The number of hydrogen-bond donors (Lipinski definition) is 0. The maximum absolute atomic E-state index is 14.2. The normalized spacial score (nSPS) is 17.9. The number of thiazole rings is 1. The molecule has 2 aromatic carbocycles. The minimum atomic E-state index is -0.638. The van der Waals surface area contributed by atoms with Gasteiger partial charge in [0.2, 0.25) is 5.91 Å². The van der Waals surface area contributed by atoms with Crippen LogP contribution in [-0.4, -0.2) is 72.3 Å². The Morgan fingerprint density at radius 3 is 2.56 bits per heavy atom. The van der Waals surface area contributed by atoms with Gasteiger partial charge in [-0.25, -0.2) is 4.79 Å². The molecule has 1 aliphatic carbocycles. The summed E-state index contributed by atoms with van der Waals surface area (Å²) in [7, 11) is 3.02. The molecule has 43 heavy (non-hydrogen) atoms. The summed E-state index contributed by atoms with van der Waals surface area (Å²) in [6.07, 6.45) is 8.49. The molecule has 1 amide bonds. The summed E-state index contributed by atoms with van der Waals surface area (Å²) in [4.78, 5) is 46.7. The quantitative estimate of drug-likeness (QED) is 0.336. The highest BCUT2D eigenvalue weighted by molar-refractivity contribution is 7.10. The van der Waals surface area contributed by atoms with Crippen LogP contribution >= 0.6 is 11.3 Å². The number of hydrogen-bond acceptors (Lipinski definition) is 8. The molecule has 10 heteroatoms. The van der Waals surface area contributed by atoms with Crippen molar-refractivity contribution in [2.75, 3.05) is 45.4 Å². The Kier molecular flexibility index (Phi) is 8.41. The zero-order valence-electron chi connectivity index (χ0n) is 24.8. The molecule has 3 heterocycles. The van der Waals surface area contributed by atoms with Gasteiger partial charge in [-0.2, -0.15) is 0 Å². The van der Waals surface area contributed by atoms with Gasteiger partial charge in [0.25, 0.3) is 0 Å². The Hall–Kier alpha value is -3.89. The smallest absolute Gasteiger partial charge is 0.337 e. The summed E-state index contributed by atoms with van der Waals surface area (Å²) in [5, 5.41) is 0. The van der Waals surface area contributed by atoms with Gasteiger partial charge in [0.15, 0.2) is 0 Å². The van der Waals surface area contributed by atoms with E-state index in [1.807, 2.05) is 45.9 Å². The summed E-state index contributed by atoms with van der Waals surface area (Å²) >= 11 is 1.35. The Balaban J connectivity index is 1.16. The highest BCUT2D eigenvalue weighted by atomic mass is 32.1. The molecule has 0 bridgehead atoms. The third-order valence-electron chi connectivity index (χ3n) is 9.00. The average Bonchev–Trinajstić information content (AvgIpc) is 3.50. The first-order valence-electron chi connectivity index (χ1n) is 14.9. The van der Waals surface area contributed by atoms with Gasteiger partial charge in [0, 0.05) is 37.6 Å². The molecule has 0 unspecified atom stereocenters. The van der Waals surface area contributed by atoms with Gasteiger partial charge in [-0.3, -0.25) is 9.59 Å². The zero-order chi connectivity index (χ0) is 30.0. The summed E-state index contributed by atoms with van der Waals surface area (Å²) in [6, 6.07) is 15.2. The molecule has 3 aliphatic rings. The van der Waals surface area contributed by atoms with Crippen LogP contribution in [0.2, 0.25) is 0 Å². The van der Waals surface area contributed by atoms with Crippen molar-refractivity contribution in [1.29, 1.82) is 0 Å². The lowest BCUT2D eigenvalue weighted by Crippen LogP contribution is -2.56. The van der Waals surface area contributed by atoms with E-state index in [1.165, 1.54) is 24.1 Å². The van der Waals surface area contributed by atoms with Crippen LogP contribution in [0.4, 0.5) is 5.69 Å². The number of amides is 1. The van der Waals surface area contributed by atoms with E-state index in [0.717, 1.165) is 80.2 Å². The molecule has 9 nitrogen and oxygen atoms in total. The van der Waals surface area contributed by atoms with Crippen LogP contribution in [0, 0.1) is 0 Å². The van der Waals surface area contributed by atoms with E-state index >= 15 is 0 Å². The number of fused-ring (bicyclic) bond motifs is 1. The average molecular weight is 603 g/mol. The van der Waals surface area contributed by atoms with E-state index in [-0.39, 0.29) is 16.7 Å². The maximum Gasteiger partial charge on any atom is 0.337 e. The second-order valence-corrected chi connectivity index (χ2v) is 12.5. The van der Waals surface area contributed by atoms with E-state index in [0.29, 0.717) is 18.8 Å². The van der Waals surface area contributed by atoms with Crippen LogP contribution in [0.5, 0.6) is 5.75 Å². The fourth-order valence-electron chi connectivity index (χ4n) is 6.69. The molecule has 1 spiro atoms. The van der Waals surface area contributed by atoms with E-state index in [1.54, 1.807) is 19.2 Å². The van der Waals surface area contributed by atoms with Crippen molar-refractivity contribution in [3.05, 3.63) is 86.0 Å². The zero-order valence-corrected chi connectivity index (χ0v) is 25.6. The highest BCUT2D eigenvalue weighted by Crippen LogP contribution is 2.40. The number of likely N-dealkylation sites (tertiary alicyclic amines) is 1. The number of carbonyl (C=O) groups is 2. The standard InChI is InChI=1S/C33H38N4O5S/c1-41-27-13-11-26(12-14-27)37-23-35(22-24-7-5-8-25(21-24)30(38)42-2)31(39)33(37)15-19-34(20-16-33)17-6-18-36-28-9-3-4-10-29(28)43-32(36)40/h4-5,7-8,10-14,21H,3,6,9,15-20,22-23H2,1-2H3. The third kappa shape index (κ3) is 5.73. The van der Waals surface area contributed by atoms with Crippen LogP contribution in [0.1, 0.15) is 52.2 Å². The largest absolute Gasteiger partial charge is 0.497 e. The van der Waals surface area contributed by atoms with Gasteiger partial charge < -0.3 is 28.7 Å². The second-order valence-electron chi connectivity index (χ2n) is 11.5. The predicted octanol–water partition coefficient (Wildman–Crippen LogP) is 4.40. The van der Waals surface area contributed by atoms with Crippen LogP contribution in [-0.2, 0) is 29.0 Å². The molecule has 3 aromatic rings. The van der Waals surface area contributed by atoms with Gasteiger partial charge in [-0.1, -0.05) is 29.5 Å². The summed E-state index contributed by atoms with van der Waals surface area (Å²) in [5.74, 6) is 0.506. The van der Waals surface area contributed by atoms with Gasteiger partial charge >= 0.3 is 10.8 Å². The predicted molar refractivity (Wildman–Crippen MR) is 168 cm³/mol. The van der Waals surface area contributed by atoms with Crippen molar-refractivity contribution >= 4 is 35.0 Å². The first-order chi connectivity index (χ1) is 20.9. The van der Waals surface area contributed by atoms with Gasteiger partial charge in [-0.15, -0.1) is 0 Å². The van der Waals surface area contributed by atoms with E-state index in [4.69, 9.17) is 9.47 Å². The number of allylic oxidation sites excluding steroid dienone is 1. The van der Waals surface area contributed by atoms with Crippen molar-refractivity contribution < 1.29 is 19.1 Å². The molecule has 2 aliphatic heterocycles. The van der Waals surface area contributed by atoms with Crippen molar-refractivity contribution in [2.24, 2.45) is 0 Å². The molecule has 0 radical (unpaired) electrons. The third-order valence-corrected chi connectivity index (χ3v) is 9.99. The SMILES string of the molecule is COC(=O)c1cccc(CN2CN(c3ccc(OC)cc3)C3(CCN(CCCn4c5c(sc4=O)C=CCC5)CC3)C2=O)c1. The molecule has 6 rings (SSSR count). The molecule has 0 N–H and O–H groups in total. The molecule has 1 aromatic heterocycles. The van der Waals surface area contributed by atoms with E-state index in [9.17, 15) is 14.4 Å². The summed E-state index contributed by atoms with van der Waals surface area (Å²) in [5.41, 5.74) is 2.90. The minimum Gasteiger partial charge on any atom is -0.497 e. The number of aromatic nitrogens is 1. The van der Waals surface area contributed by atoms with Crippen molar-refractivity contribution in [3.8, 4) is 5.75 Å². The lowest BCUT2D eigenvalue weighted by atomic mass is 9.85. The first-order valence-corrected chi connectivity index (χ1v) is 15.7. The first kappa shape index (κ1) is 29.2. The molecule has 2 saturated heterocycles.